The number of nitrogens with one attached hydrogen (secondary N) is 1. The van der Waals surface area contributed by atoms with E-state index in [0.29, 0.717) is 18.6 Å². The van der Waals surface area contributed by atoms with Gasteiger partial charge >= 0.3 is 6.09 Å². The van der Waals surface area contributed by atoms with Gasteiger partial charge in [-0.15, -0.1) is 0 Å². The number of ether oxygens (including phenoxy) is 1. The predicted molar refractivity (Wildman–Crippen MR) is 50.4 cm³/mol. The van der Waals surface area contributed by atoms with E-state index in [1.807, 2.05) is 0 Å². The molecule has 0 spiro atoms. The van der Waals surface area contributed by atoms with Gasteiger partial charge in [-0.05, 0) is 12.8 Å². The van der Waals surface area contributed by atoms with Crippen LogP contribution < -0.4 is 5.32 Å². The summed E-state index contributed by atoms with van der Waals surface area (Å²) < 4.78 is 5.44. The first kappa shape index (κ1) is 9.73. The van der Waals surface area contributed by atoms with Gasteiger partial charge in [0.25, 0.3) is 0 Å². The second-order valence-corrected chi connectivity index (χ2v) is 3.89. The summed E-state index contributed by atoms with van der Waals surface area (Å²) in [5.74, 6) is 0. The van der Waals surface area contributed by atoms with E-state index < -0.39 is 6.09 Å². The van der Waals surface area contributed by atoms with Crippen LogP contribution in [0.5, 0.6) is 0 Å². The molecular formula is C9H16N2O3. The standard InChI is InChI=1S/C9H16N2O3/c12-9(13)10-3-4-11-7-1-2-8(11)6-14-5-7/h7-8,10H,1-6H2,(H,12,13). The molecule has 2 atom stereocenters. The van der Waals surface area contributed by atoms with E-state index >= 15 is 0 Å². The number of hydrogen-bond donors (Lipinski definition) is 2. The highest BCUT2D eigenvalue weighted by Gasteiger charge is 2.36. The summed E-state index contributed by atoms with van der Waals surface area (Å²) in [6.45, 7) is 2.94. The lowest BCUT2D eigenvalue weighted by Crippen LogP contribution is -2.48. The second kappa shape index (κ2) is 4.14. The van der Waals surface area contributed by atoms with Crippen LogP contribution in [0.1, 0.15) is 12.8 Å². The SMILES string of the molecule is O=C(O)NCCN1C2CCC1COC2. The molecule has 5 heteroatoms. The van der Waals surface area contributed by atoms with Crippen LogP contribution in [0.4, 0.5) is 4.79 Å². The van der Waals surface area contributed by atoms with E-state index in [1.54, 1.807) is 0 Å². The van der Waals surface area contributed by atoms with E-state index in [9.17, 15) is 4.79 Å². The molecule has 80 valence electrons. The van der Waals surface area contributed by atoms with Crippen LogP contribution >= 0.6 is 0 Å². The highest BCUT2D eigenvalue weighted by Crippen LogP contribution is 2.27. The van der Waals surface area contributed by atoms with Gasteiger partial charge < -0.3 is 15.2 Å². The van der Waals surface area contributed by atoms with Crippen LogP contribution in [0.2, 0.25) is 0 Å². The van der Waals surface area contributed by atoms with Crippen molar-refractivity contribution in [2.45, 2.75) is 24.9 Å². The molecule has 0 aromatic carbocycles. The first-order valence-corrected chi connectivity index (χ1v) is 5.07. The molecule has 0 aliphatic carbocycles. The molecule has 2 bridgehead atoms. The maximum atomic E-state index is 10.3. The predicted octanol–water partition coefficient (Wildman–Crippen LogP) is 0.117. The molecule has 2 aliphatic rings. The molecule has 2 saturated heterocycles. The molecule has 2 rings (SSSR count). The first-order chi connectivity index (χ1) is 6.77. The fourth-order valence-electron chi connectivity index (χ4n) is 2.37. The third-order valence-corrected chi connectivity index (χ3v) is 3.04. The number of carboxylic acid groups (broad SMARTS) is 1. The topological polar surface area (TPSA) is 61.8 Å². The van der Waals surface area contributed by atoms with Crippen molar-refractivity contribution in [2.24, 2.45) is 0 Å². The average molecular weight is 200 g/mol. The number of amides is 1. The van der Waals surface area contributed by atoms with Gasteiger partial charge in [-0.1, -0.05) is 0 Å². The molecule has 5 nitrogen and oxygen atoms in total. The van der Waals surface area contributed by atoms with Crippen LogP contribution in [-0.2, 0) is 4.74 Å². The molecule has 2 N–H and O–H groups in total. The van der Waals surface area contributed by atoms with Crippen LogP contribution in [-0.4, -0.2) is 54.5 Å². The largest absolute Gasteiger partial charge is 0.465 e. The molecule has 2 unspecified atom stereocenters. The van der Waals surface area contributed by atoms with Gasteiger partial charge in [0.05, 0.1) is 13.2 Å². The van der Waals surface area contributed by atoms with Crippen molar-refractivity contribution in [1.82, 2.24) is 10.2 Å². The summed E-state index contributed by atoms with van der Waals surface area (Å²) >= 11 is 0. The number of morpholine rings is 1. The van der Waals surface area contributed by atoms with Crippen LogP contribution in [0.15, 0.2) is 0 Å². The van der Waals surface area contributed by atoms with Crippen molar-refractivity contribution in [1.29, 1.82) is 0 Å². The van der Waals surface area contributed by atoms with Crippen LogP contribution in [0.25, 0.3) is 0 Å². The molecular weight excluding hydrogens is 184 g/mol. The minimum Gasteiger partial charge on any atom is -0.465 e. The minimum absolute atomic E-state index is 0.516. The lowest BCUT2D eigenvalue weighted by Gasteiger charge is -2.34. The summed E-state index contributed by atoms with van der Waals surface area (Å²) in [5.41, 5.74) is 0. The first-order valence-electron chi connectivity index (χ1n) is 5.07. The summed E-state index contributed by atoms with van der Waals surface area (Å²) in [4.78, 5) is 12.6. The molecule has 1 amide bonds. The van der Waals surface area contributed by atoms with Crippen molar-refractivity contribution in [3.63, 3.8) is 0 Å². The maximum Gasteiger partial charge on any atom is 0.404 e. The van der Waals surface area contributed by atoms with Gasteiger partial charge in [0, 0.05) is 25.2 Å². The van der Waals surface area contributed by atoms with Gasteiger partial charge in [0.1, 0.15) is 0 Å². The Kier molecular flexibility index (Phi) is 2.88. The second-order valence-electron chi connectivity index (χ2n) is 3.89. The van der Waals surface area contributed by atoms with Gasteiger partial charge in [-0.25, -0.2) is 4.79 Å². The Hall–Kier alpha value is -0.810. The van der Waals surface area contributed by atoms with Crippen molar-refractivity contribution >= 4 is 6.09 Å². The van der Waals surface area contributed by atoms with Crippen molar-refractivity contribution in [3.05, 3.63) is 0 Å². The monoisotopic (exact) mass is 200 g/mol. The molecule has 2 heterocycles. The fraction of sp³-hybridized carbons (Fsp3) is 0.889. The van der Waals surface area contributed by atoms with Crippen LogP contribution in [0, 0.1) is 0 Å². The van der Waals surface area contributed by atoms with Crippen molar-refractivity contribution < 1.29 is 14.6 Å². The molecule has 0 saturated carbocycles. The molecule has 2 fully saturated rings. The van der Waals surface area contributed by atoms with E-state index in [0.717, 1.165) is 19.8 Å². The molecule has 14 heavy (non-hydrogen) atoms. The number of nitrogens with zero attached hydrogens (tertiary/aromatic N) is 1. The van der Waals surface area contributed by atoms with Gasteiger partial charge in [-0.2, -0.15) is 0 Å². The van der Waals surface area contributed by atoms with E-state index in [4.69, 9.17) is 9.84 Å². The van der Waals surface area contributed by atoms with E-state index in [-0.39, 0.29) is 0 Å². The average Bonchev–Trinajstić information content (AvgIpc) is 2.39. The number of rotatable bonds is 3. The zero-order valence-corrected chi connectivity index (χ0v) is 8.11. The zero-order chi connectivity index (χ0) is 9.97. The Morgan fingerprint density at radius 1 is 1.43 bits per heavy atom. The normalized spacial score (nSPS) is 31.7. The molecule has 0 aromatic rings. The highest BCUT2D eigenvalue weighted by atomic mass is 16.5. The smallest absolute Gasteiger partial charge is 0.404 e. The zero-order valence-electron chi connectivity index (χ0n) is 8.11. The van der Waals surface area contributed by atoms with Crippen molar-refractivity contribution in [3.8, 4) is 0 Å². The van der Waals surface area contributed by atoms with E-state index in [1.165, 1.54) is 12.8 Å². The number of carbonyl (C=O) groups is 1. The summed E-state index contributed by atoms with van der Waals surface area (Å²) in [5, 5.41) is 10.8. The van der Waals surface area contributed by atoms with Gasteiger partial charge in [-0.3, -0.25) is 4.90 Å². The lowest BCUT2D eigenvalue weighted by atomic mass is 10.2. The van der Waals surface area contributed by atoms with Crippen molar-refractivity contribution in [2.75, 3.05) is 26.3 Å². The van der Waals surface area contributed by atoms with E-state index in [2.05, 4.69) is 10.2 Å². The highest BCUT2D eigenvalue weighted by molar-refractivity contribution is 5.64. The Bertz CT molecular complexity index is 206. The maximum absolute atomic E-state index is 10.3. The Balaban J connectivity index is 1.77. The summed E-state index contributed by atoms with van der Waals surface area (Å²) in [6, 6.07) is 1.04. The van der Waals surface area contributed by atoms with Gasteiger partial charge in [0.2, 0.25) is 0 Å². The summed E-state index contributed by atoms with van der Waals surface area (Å²) in [7, 11) is 0. The quantitative estimate of drug-likeness (QED) is 0.679. The Morgan fingerprint density at radius 3 is 2.64 bits per heavy atom. The fourth-order valence-corrected chi connectivity index (χ4v) is 2.37. The molecule has 0 radical (unpaired) electrons. The lowest BCUT2D eigenvalue weighted by molar-refractivity contribution is -0.0135. The Labute approximate surface area is 83.0 Å². The third kappa shape index (κ3) is 1.99. The third-order valence-electron chi connectivity index (χ3n) is 3.04. The Morgan fingerprint density at radius 2 is 2.07 bits per heavy atom. The number of hydrogen-bond acceptors (Lipinski definition) is 3. The molecule has 2 aliphatic heterocycles. The summed E-state index contributed by atoms with van der Waals surface area (Å²) in [6.07, 6.45) is 1.45. The number of fused-ring (bicyclic) bond motifs is 2. The van der Waals surface area contributed by atoms with Gasteiger partial charge in [0.15, 0.2) is 0 Å². The minimum atomic E-state index is -0.939. The molecule has 0 aromatic heterocycles. The van der Waals surface area contributed by atoms with Crippen LogP contribution in [0.3, 0.4) is 0 Å².